The summed E-state index contributed by atoms with van der Waals surface area (Å²) in [6.45, 7) is 1.38. The highest BCUT2D eigenvalue weighted by Gasteiger charge is 2.11. The van der Waals surface area contributed by atoms with Gasteiger partial charge in [0.25, 0.3) is 0 Å². The van der Waals surface area contributed by atoms with E-state index in [1.807, 2.05) is 36.4 Å². The van der Waals surface area contributed by atoms with Gasteiger partial charge in [-0.2, -0.15) is 0 Å². The van der Waals surface area contributed by atoms with Crippen molar-refractivity contribution in [3.63, 3.8) is 0 Å². The quantitative estimate of drug-likeness (QED) is 0.125. The third-order valence-corrected chi connectivity index (χ3v) is 6.11. The number of carbonyl (C=O) groups is 1. The van der Waals surface area contributed by atoms with E-state index in [-0.39, 0.29) is 5.97 Å². The molecule has 7 nitrogen and oxygen atoms in total. The highest BCUT2D eigenvalue weighted by atomic mass is 32.1. The van der Waals surface area contributed by atoms with Crippen LogP contribution in [0.15, 0.2) is 48.5 Å². The minimum Gasteiger partial charge on any atom is -0.494 e. The minimum absolute atomic E-state index is 0.355. The molecule has 8 heteroatoms. The number of hydrogen-bond acceptors (Lipinski definition) is 8. The number of unbranched alkanes of at least 4 members (excludes halogenated alkanes) is 5. The summed E-state index contributed by atoms with van der Waals surface area (Å²) >= 11 is 1.51. The number of methoxy groups -OCH3 is 1. The summed E-state index contributed by atoms with van der Waals surface area (Å²) in [5.74, 6) is 0.504. The van der Waals surface area contributed by atoms with Gasteiger partial charge in [0.1, 0.15) is 15.8 Å². The number of hydrogen-bond donors (Lipinski definition) is 0. The van der Waals surface area contributed by atoms with Crippen molar-refractivity contribution in [1.29, 1.82) is 0 Å². The van der Waals surface area contributed by atoms with E-state index in [4.69, 9.17) is 14.4 Å². The van der Waals surface area contributed by atoms with E-state index in [9.17, 15) is 4.79 Å². The Hall–Kier alpha value is -2.81. The molecule has 0 aliphatic heterocycles. The van der Waals surface area contributed by atoms with Crippen LogP contribution in [0.2, 0.25) is 0 Å². The van der Waals surface area contributed by atoms with Crippen LogP contribution in [0.4, 0.5) is 0 Å². The number of benzene rings is 2. The van der Waals surface area contributed by atoms with Gasteiger partial charge in [0.05, 0.1) is 33.0 Å². The Morgan fingerprint density at radius 1 is 0.758 bits per heavy atom. The molecule has 176 valence electrons. The summed E-state index contributed by atoms with van der Waals surface area (Å²) < 4.78 is 10.6. The Bertz CT molecular complexity index is 973. The largest absolute Gasteiger partial charge is 0.494 e. The third kappa shape index (κ3) is 7.92. The van der Waals surface area contributed by atoms with E-state index in [0.717, 1.165) is 59.2 Å². The monoisotopic (exact) mass is 470 g/mol. The highest BCUT2D eigenvalue weighted by molar-refractivity contribution is 7.17. The summed E-state index contributed by atoms with van der Waals surface area (Å²) in [5, 5.41) is 10.2. The molecule has 1 heterocycles. The number of carbonyl (C=O) groups excluding carboxylic acids is 1. The lowest BCUT2D eigenvalue weighted by molar-refractivity contribution is -0.272. The smallest absolute Gasteiger partial charge is 0.337 e. The Morgan fingerprint density at radius 2 is 1.30 bits per heavy atom. The Morgan fingerprint density at radius 3 is 1.88 bits per heavy atom. The highest BCUT2D eigenvalue weighted by Crippen LogP contribution is 2.31. The van der Waals surface area contributed by atoms with Gasteiger partial charge < -0.3 is 9.47 Å². The van der Waals surface area contributed by atoms with E-state index in [0.29, 0.717) is 12.2 Å². The van der Waals surface area contributed by atoms with Crippen LogP contribution >= 0.6 is 11.3 Å². The van der Waals surface area contributed by atoms with Crippen molar-refractivity contribution in [3.05, 3.63) is 54.1 Å². The molecule has 0 atom stereocenters. The minimum atomic E-state index is -0.355. The van der Waals surface area contributed by atoms with Crippen molar-refractivity contribution in [2.75, 3.05) is 27.4 Å². The molecule has 3 aromatic rings. The van der Waals surface area contributed by atoms with Crippen molar-refractivity contribution in [1.82, 2.24) is 10.2 Å². The van der Waals surface area contributed by atoms with Crippen LogP contribution < -0.4 is 4.74 Å². The first kappa shape index (κ1) is 24.8. The summed E-state index contributed by atoms with van der Waals surface area (Å²) in [4.78, 5) is 21.0. The van der Waals surface area contributed by atoms with Crippen LogP contribution in [0.1, 0.15) is 48.9 Å². The fourth-order valence-corrected chi connectivity index (χ4v) is 4.11. The molecule has 0 radical (unpaired) electrons. The zero-order chi connectivity index (χ0) is 23.3. The molecule has 0 saturated heterocycles. The van der Waals surface area contributed by atoms with Crippen LogP contribution in [-0.2, 0) is 14.5 Å². The van der Waals surface area contributed by atoms with Gasteiger partial charge in [-0.1, -0.05) is 49.2 Å². The molecule has 1 aromatic heterocycles. The maximum atomic E-state index is 11.6. The Balaban J connectivity index is 1.41. The Kier molecular flexibility index (Phi) is 10.3. The molecule has 0 unspecified atom stereocenters. The molecular weight excluding hydrogens is 440 g/mol. The van der Waals surface area contributed by atoms with Gasteiger partial charge in [-0.25, -0.2) is 14.6 Å². The lowest BCUT2D eigenvalue weighted by atomic mass is 10.1. The average Bonchev–Trinajstić information content (AvgIpc) is 3.35. The van der Waals surface area contributed by atoms with Crippen molar-refractivity contribution in [3.8, 4) is 26.9 Å². The Labute approximate surface area is 198 Å². The fourth-order valence-electron chi connectivity index (χ4n) is 3.26. The second kappa shape index (κ2) is 13.7. The summed E-state index contributed by atoms with van der Waals surface area (Å²) in [6, 6.07) is 15.1. The average molecular weight is 471 g/mol. The molecule has 0 spiro atoms. The van der Waals surface area contributed by atoms with E-state index < -0.39 is 0 Å². The first-order valence-corrected chi connectivity index (χ1v) is 11.9. The third-order valence-electron chi connectivity index (χ3n) is 5.09. The van der Waals surface area contributed by atoms with Crippen LogP contribution in [0, 0.1) is 0 Å². The van der Waals surface area contributed by atoms with Gasteiger partial charge >= 0.3 is 5.97 Å². The number of ether oxygens (including phenoxy) is 2. The molecule has 0 amide bonds. The lowest BCUT2D eigenvalue weighted by Crippen LogP contribution is -2.00. The number of nitrogens with zero attached hydrogens (tertiary/aromatic N) is 2. The first-order valence-electron chi connectivity index (χ1n) is 11.1. The van der Waals surface area contributed by atoms with Crippen LogP contribution in [0.5, 0.6) is 5.75 Å². The molecular formula is C25H30N2O5S. The molecule has 0 saturated carbocycles. The van der Waals surface area contributed by atoms with Crippen LogP contribution in [0.25, 0.3) is 21.1 Å². The van der Waals surface area contributed by atoms with E-state index in [1.54, 1.807) is 12.1 Å². The van der Waals surface area contributed by atoms with Gasteiger partial charge in [-0.05, 0) is 49.2 Å². The predicted octanol–water partition coefficient (Wildman–Crippen LogP) is 5.96. The molecule has 0 fully saturated rings. The lowest BCUT2D eigenvalue weighted by Gasteiger charge is -2.06. The van der Waals surface area contributed by atoms with Gasteiger partial charge in [0, 0.05) is 11.1 Å². The van der Waals surface area contributed by atoms with Gasteiger partial charge in [-0.3, -0.25) is 0 Å². The number of esters is 1. The molecule has 2 aromatic carbocycles. The molecule has 0 bridgehead atoms. The van der Waals surface area contributed by atoms with Crippen molar-refractivity contribution >= 4 is 17.3 Å². The second-order valence-corrected chi connectivity index (χ2v) is 8.44. The maximum Gasteiger partial charge on any atom is 0.337 e. The number of aromatic nitrogens is 2. The predicted molar refractivity (Wildman–Crippen MR) is 128 cm³/mol. The fraction of sp³-hybridized carbons (Fsp3) is 0.400. The topological polar surface area (TPSA) is 79.8 Å². The van der Waals surface area contributed by atoms with Crippen molar-refractivity contribution in [2.24, 2.45) is 0 Å². The van der Waals surface area contributed by atoms with Crippen LogP contribution in [0.3, 0.4) is 0 Å². The van der Waals surface area contributed by atoms with Gasteiger partial charge in [-0.15, -0.1) is 10.2 Å². The zero-order valence-electron chi connectivity index (χ0n) is 19.1. The summed E-state index contributed by atoms with van der Waals surface area (Å²) in [5.41, 5.74) is 2.42. The standard InChI is InChI=1S/C25H30N2O5S/c1-29-25(28)21-11-9-19(10-12-21)23-26-27-24(33-23)20-13-15-22(16-14-20)31-17-7-5-3-4-6-8-18-32-30-2/h9-16H,3-8,17-18H2,1-2H3. The molecule has 0 aliphatic rings. The second-order valence-electron chi connectivity index (χ2n) is 7.46. The summed E-state index contributed by atoms with van der Waals surface area (Å²) in [7, 11) is 2.91. The van der Waals surface area contributed by atoms with Gasteiger partial charge in [0.2, 0.25) is 0 Å². The normalized spacial score (nSPS) is 10.8. The molecule has 0 N–H and O–H groups in total. The van der Waals surface area contributed by atoms with E-state index in [2.05, 4.69) is 15.1 Å². The van der Waals surface area contributed by atoms with E-state index in [1.165, 1.54) is 38.4 Å². The SMILES string of the molecule is COOCCCCCCCCOc1ccc(-c2nnc(-c3ccc(C(=O)OC)cc3)s2)cc1. The van der Waals surface area contributed by atoms with E-state index >= 15 is 0 Å². The van der Waals surface area contributed by atoms with Crippen molar-refractivity contribution in [2.45, 2.75) is 38.5 Å². The van der Waals surface area contributed by atoms with Gasteiger partial charge in [0.15, 0.2) is 0 Å². The molecule has 0 aliphatic carbocycles. The number of rotatable bonds is 14. The molecule has 33 heavy (non-hydrogen) atoms. The first-order chi connectivity index (χ1) is 16.2. The maximum absolute atomic E-state index is 11.6. The van der Waals surface area contributed by atoms with Crippen molar-refractivity contribution < 1.29 is 24.0 Å². The summed E-state index contributed by atoms with van der Waals surface area (Å²) in [6.07, 6.45) is 6.83. The molecule has 3 rings (SSSR count). The van der Waals surface area contributed by atoms with Crippen LogP contribution in [-0.4, -0.2) is 43.6 Å². The zero-order valence-corrected chi connectivity index (χ0v) is 19.9.